The summed E-state index contributed by atoms with van der Waals surface area (Å²) in [5.41, 5.74) is 1.48. The molecule has 0 aliphatic heterocycles. The zero-order chi connectivity index (χ0) is 24.6. The summed E-state index contributed by atoms with van der Waals surface area (Å²) in [7, 11) is -3.65. The van der Waals surface area contributed by atoms with E-state index in [0.29, 0.717) is 35.2 Å². The molecule has 0 aliphatic carbocycles. The van der Waals surface area contributed by atoms with Crippen LogP contribution in [0.3, 0.4) is 0 Å². The van der Waals surface area contributed by atoms with E-state index in [-0.39, 0.29) is 24.8 Å². The third kappa shape index (κ3) is 7.50. The van der Waals surface area contributed by atoms with Crippen molar-refractivity contribution >= 4 is 33.2 Å². The van der Waals surface area contributed by atoms with E-state index in [1.165, 1.54) is 4.31 Å². The Morgan fingerprint density at radius 2 is 1.68 bits per heavy atom. The lowest BCUT2D eigenvalue weighted by Gasteiger charge is -2.25. The second-order valence-corrected chi connectivity index (χ2v) is 10.4. The Hall–Kier alpha value is -3.03. The molecule has 1 unspecified atom stereocenters. The minimum absolute atomic E-state index is 0.117. The Balaban J connectivity index is 1.64. The predicted molar refractivity (Wildman–Crippen MR) is 137 cm³/mol. The quantitative estimate of drug-likeness (QED) is 0.372. The van der Waals surface area contributed by atoms with Crippen LogP contribution in [0, 0.1) is 0 Å². The van der Waals surface area contributed by atoms with Crippen molar-refractivity contribution in [1.29, 1.82) is 0 Å². The molecule has 34 heavy (non-hydrogen) atoms. The minimum Gasteiger partial charge on any atom is -0.455 e. The average Bonchev–Trinajstić information content (AvgIpc) is 2.82. The van der Waals surface area contributed by atoms with Gasteiger partial charge in [-0.05, 0) is 48.2 Å². The number of halogens is 1. The average molecular weight is 501 g/mol. The first-order valence-electron chi connectivity index (χ1n) is 11.1. The van der Waals surface area contributed by atoms with Crippen LogP contribution in [-0.4, -0.2) is 33.7 Å². The second kappa shape index (κ2) is 11.9. The number of ether oxygens (including phenoxy) is 1. The molecule has 0 aliphatic rings. The molecule has 0 saturated carbocycles. The predicted octanol–water partition coefficient (Wildman–Crippen LogP) is 5.60. The van der Waals surface area contributed by atoms with E-state index in [4.69, 9.17) is 16.3 Å². The van der Waals surface area contributed by atoms with Gasteiger partial charge in [-0.3, -0.25) is 9.10 Å². The molecule has 1 atom stereocenters. The second-order valence-electron chi connectivity index (χ2n) is 8.08. The van der Waals surface area contributed by atoms with E-state index in [1.54, 1.807) is 30.3 Å². The van der Waals surface area contributed by atoms with Crippen LogP contribution in [0.15, 0.2) is 78.9 Å². The zero-order valence-electron chi connectivity index (χ0n) is 19.3. The van der Waals surface area contributed by atoms with Crippen molar-refractivity contribution < 1.29 is 17.9 Å². The molecule has 3 aromatic carbocycles. The highest BCUT2D eigenvalue weighted by molar-refractivity contribution is 7.92. The van der Waals surface area contributed by atoms with Crippen LogP contribution < -0.4 is 14.4 Å². The lowest BCUT2D eigenvalue weighted by molar-refractivity contribution is -0.121. The molecule has 0 radical (unpaired) electrons. The molecule has 0 fully saturated rings. The first kappa shape index (κ1) is 25.6. The molecule has 0 aromatic heterocycles. The van der Waals surface area contributed by atoms with E-state index >= 15 is 0 Å². The summed E-state index contributed by atoms with van der Waals surface area (Å²) in [5.74, 6) is 0.999. The molecule has 3 aromatic rings. The number of sulfonamides is 1. The van der Waals surface area contributed by atoms with Crippen LogP contribution in [0.5, 0.6) is 11.5 Å². The maximum atomic E-state index is 12.6. The standard InChI is InChI=1S/C26H29ClN2O4S/c1-20(21-10-5-3-6-11-21)19-28-26(30)14-9-17-29(34(2,31)32)24-18-22(27)15-16-25(24)33-23-12-7-4-8-13-23/h3-8,10-13,15-16,18,20H,9,14,17,19H2,1-2H3,(H,28,30). The fraction of sp³-hybridized carbons (Fsp3) is 0.269. The van der Waals surface area contributed by atoms with Crippen molar-refractivity contribution in [2.75, 3.05) is 23.7 Å². The van der Waals surface area contributed by atoms with Crippen molar-refractivity contribution in [2.24, 2.45) is 0 Å². The third-order valence-electron chi connectivity index (χ3n) is 5.30. The van der Waals surface area contributed by atoms with Gasteiger partial charge in [-0.25, -0.2) is 8.42 Å². The van der Waals surface area contributed by atoms with Crippen LogP contribution in [0.2, 0.25) is 5.02 Å². The molecule has 0 spiro atoms. The van der Waals surface area contributed by atoms with Crippen LogP contribution in [0.4, 0.5) is 5.69 Å². The van der Waals surface area contributed by atoms with Crippen LogP contribution >= 0.6 is 11.6 Å². The highest BCUT2D eigenvalue weighted by Crippen LogP contribution is 2.36. The number of benzene rings is 3. The van der Waals surface area contributed by atoms with E-state index in [9.17, 15) is 13.2 Å². The monoisotopic (exact) mass is 500 g/mol. The van der Waals surface area contributed by atoms with Gasteiger partial charge in [-0.1, -0.05) is 67.1 Å². The molecular formula is C26H29ClN2O4S. The number of nitrogens with zero attached hydrogens (tertiary/aromatic N) is 1. The Bertz CT molecular complexity index is 1190. The number of nitrogens with one attached hydrogen (secondary N) is 1. The fourth-order valence-corrected chi connectivity index (χ4v) is 4.62. The highest BCUT2D eigenvalue weighted by atomic mass is 35.5. The van der Waals surface area contributed by atoms with Crippen molar-refractivity contribution in [3.8, 4) is 11.5 Å². The SMILES string of the molecule is CC(CNC(=O)CCCN(c1cc(Cl)ccc1Oc1ccccc1)S(C)(=O)=O)c1ccccc1. The maximum Gasteiger partial charge on any atom is 0.232 e. The normalized spacial score (nSPS) is 12.1. The smallest absolute Gasteiger partial charge is 0.232 e. The number of carbonyl (C=O) groups is 1. The fourth-order valence-electron chi connectivity index (χ4n) is 3.49. The molecule has 1 N–H and O–H groups in total. The molecule has 0 saturated heterocycles. The van der Waals surface area contributed by atoms with Crippen molar-refractivity contribution in [3.05, 3.63) is 89.4 Å². The largest absolute Gasteiger partial charge is 0.455 e. The van der Waals surface area contributed by atoms with Gasteiger partial charge in [0.2, 0.25) is 15.9 Å². The number of rotatable bonds is 11. The summed E-state index contributed by atoms with van der Waals surface area (Å²) in [4.78, 5) is 12.4. The Labute approximate surface area is 206 Å². The lowest BCUT2D eigenvalue weighted by Crippen LogP contribution is -2.33. The van der Waals surface area contributed by atoms with Crippen molar-refractivity contribution in [2.45, 2.75) is 25.7 Å². The summed E-state index contributed by atoms with van der Waals surface area (Å²) >= 11 is 6.18. The van der Waals surface area contributed by atoms with Crippen LogP contribution in [-0.2, 0) is 14.8 Å². The lowest BCUT2D eigenvalue weighted by atomic mass is 10.0. The van der Waals surface area contributed by atoms with Crippen molar-refractivity contribution in [1.82, 2.24) is 5.32 Å². The van der Waals surface area contributed by atoms with Gasteiger partial charge < -0.3 is 10.1 Å². The van der Waals surface area contributed by atoms with Crippen LogP contribution in [0.25, 0.3) is 0 Å². The van der Waals surface area contributed by atoms with Gasteiger partial charge in [0.25, 0.3) is 0 Å². The molecule has 0 bridgehead atoms. The highest BCUT2D eigenvalue weighted by Gasteiger charge is 2.22. The summed E-state index contributed by atoms with van der Waals surface area (Å²) in [6, 6.07) is 23.9. The summed E-state index contributed by atoms with van der Waals surface area (Å²) in [5, 5.41) is 3.32. The Kier molecular flexibility index (Phi) is 8.96. The van der Waals surface area contributed by atoms with Gasteiger partial charge in [0, 0.05) is 24.5 Å². The molecule has 8 heteroatoms. The van der Waals surface area contributed by atoms with Gasteiger partial charge in [0.05, 0.1) is 11.9 Å². The molecule has 3 rings (SSSR count). The van der Waals surface area contributed by atoms with E-state index < -0.39 is 10.0 Å². The van der Waals surface area contributed by atoms with E-state index in [0.717, 1.165) is 11.8 Å². The molecular weight excluding hydrogens is 472 g/mol. The van der Waals surface area contributed by atoms with Gasteiger partial charge in [-0.15, -0.1) is 0 Å². The van der Waals surface area contributed by atoms with Crippen LogP contribution in [0.1, 0.15) is 31.2 Å². The first-order chi connectivity index (χ1) is 16.2. The number of carbonyl (C=O) groups excluding carboxylic acids is 1. The molecule has 1 amide bonds. The summed E-state index contributed by atoms with van der Waals surface area (Å²) < 4.78 is 32.4. The topological polar surface area (TPSA) is 75.7 Å². The summed E-state index contributed by atoms with van der Waals surface area (Å²) in [6.45, 7) is 2.68. The number of para-hydroxylation sites is 1. The Morgan fingerprint density at radius 1 is 1.03 bits per heavy atom. The molecule has 0 heterocycles. The van der Waals surface area contributed by atoms with Gasteiger partial charge in [-0.2, -0.15) is 0 Å². The van der Waals surface area contributed by atoms with Gasteiger partial charge in [0.15, 0.2) is 5.75 Å². The number of hydrogen-bond donors (Lipinski definition) is 1. The number of hydrogen-bond acceptors (Lipinski definition) is 4. The molecule has 180 valence electrons. The maximum absolute atomic E-state index is 12.6. The van der Waals surface area contributed by atoms with Gasteiger partial charge in [0.1, 0.15) is 5.75 Å². The van der Waals surface area contributed by atoms with E-state index in [1.807, 2.05) is 48.5 Å². The van der Waals surface area contributed by atoms with Crippen molar-refractivity contribution in [3.63, 3.8) is 0 Å². The Morgan fingerprint density at radius 3 is 2.32 bits per heavy atom. The zero-order valence-corrected chi connectivity index (χ0v) is 20.9. The third-order valence-corrected chi connectivity index (χ3v) is 6.72. The number of anilines is 1. The summed E-state index contributed by atoms with van der Waals surface area (Å²) in [6.07, 6.45) is 1.67. The first-order valence-corrected chi connectivity index (χ1v) is 13.3. The molecule has 6 nitrogen and oxygen atoms in total. The minimum atomic E-state index is -3.65. The van der Waals surface area contributed by atoms with Gasteiger partial charge >= 0.3 is 0 Å². The number of amides is 1. The van der Waals surface area contributed by atoms with E-state index in [2.05, 4.69) is 12.2 Å².